The van der Waals surface area contributed by atoms with E-state index in [9.17, 15) is 19.8 Å². The summed E-state index contributed by atoms with van der Waals surface area (Å²) in [6, 6.07) is 0. The molecule has 0 bridgehead atoms. The Balaban J connectivity index is 1.12. The molecule has 0 saturated carbocycles. The fraction of sp³-hybridized carbons (Fsp3) is 0.611. The second kappa shape index (κ2) is 13.3. The van der Waals surface area contributed by atoms with Crippen LogP contribution in [0.15, 0.2) is 0 Å². The second-order valence-corrected chi connectivity index (χ2v) is 13.3. The Labute approximate surface area is 262 Å². The minimum atomic E-state index is -0.444. The van der Waals surface area contributed by atoms with Crippen LogP contribution in [0, 0.1) is 41.5 Å². The quantitative estimate of drug-likeness (QED) is 0.202. The molecule has 2 aliphatic rings. The molecule has 0 radical (unpaired) electrons. The molecule has 4 rings (SSSR count). The van der Waals surface area contributed by atoms with E-state index in [0.717, 1.165) is 81.7 Å². The molecule has 0 saturated heterocycles. The van der Waals surface area contributed by atoms with Gasteiger partial charge in [-0.1, -0.05) is 0 Å². The number of benzene rings is 2. The van der Waals surface area contributed by atoms with Gasteiger partial charge in [-0.3, -0.25) is 9.59 Å². The number of hydrogen-bond donors (Lipinski definition) is 2. The van der Waals surface area contributed by atoms with Crippen LogP contribution in [0.4, 0.5) is 0 Å². The average Bonchev–Trinajstić information content (AvgIpc) is 2.98. The van der Waals surface area contributed by atoms with Crippen molar-refractivity contribution in [3.8, 4) is 23.0 Å². The lowest BCUT2D eigenvalue weighted by atomic mass is 9.86. The van der Waals surface area contributed by atoms with Crippen molar-refractivity contribution in [2.24, 2.45) is 0 Å². The Kier molecular flexibility index (Phi) is 10.1. The zero-order valence-electron chi connectivity index (χ0n) is 27.8. The van der Waals surface area contributed by atoms with E-state index in [4.69, 9.17) is 18.9 Å². The predicted octanol–water partition coefficient (Wildman–Crippen LogP) is 7.24. The summed E-state index contributed by atoms with van der Waals surface area (Å²) in [7, 11) is 0. The summed E-state index contributed by atoms with van der Waals surface area (Å²) < 4.78 is 23.8. The summed E-state index contributed by atoms with van der Waals surface area (Å²) >= 11 is 0. The predicted molar refractivity (Wildman–Crippen MR) is 169 cm³/mol. The summed E-state index contributed by atoms with van der Waals surface area (Å²) in [5.74, 6) is 1.82. The smallest absolute Gasteiger partial charge is 0.305 e. The van der Waals surface area contributed by atoms with Crippen LogP contribution in [0.3, 0.4) is 0 Å². The summed E-state index contributed by atoms with van der Waals surface area (Å²) in [5.41, 5.74) is 6.56. The topological polar surface area (TPSA) is 112 Å². The zero-order valence-corrected chi connectivity index (χ0v) is 27.8. The number of aromatic hydroxyl groups is 2. The molecular weight excluding hydrogens is 560 g/mol. The highest BCUT2D eigenvalue weighted by atomic mass is 16.5. The Morgan fingerprint density at radius 1 is 0.636 bits per heavy atom. The Hall–Kier alpha value is -3.42. The average molecular weight is 611 g/mol. The Morgan fingerprint density at radius 3 is 1.36 bits per heavy atom. The highest BCUT2D eigenvalue weighted by molar-refractivity contribution is 5.70. The molecule has 0 amide bonds. The number of unbranched alkanes of at least 4 members (excludes halogenated alkanes) is 1. The SMILES string of the molecule is Cc1c(C)c2c(c(C)c1O)CCC(C)(CCOC(=O)CCCCC(=O)OCCC1(C)CCc3c(C)c(O)c(C)c(C)c3O1)O2. The maximum absolute atomic E-state index is 12.3. The first-order chi connectivity index (χ1) is 20.7. The van der Waals surface area contributed by atoms with E-state index >= 15 is 0 Å². The van der Waals surface area contributed by atoms with Crippen LogP contribution in [0.25, 0.3) is 0 Å². The van der Waals surface area contributed by atoms with Gasteiger partial charge in [-0.05, 0) is 127 Å². The van der Waals surface area contributed by atoms with Crippen LogP contribution in [0.1, 0.15) is 110 Å². The second-order valence-electron chi connectivity index (χ2n) is 13.3. The van der Waals surface area contributed by atoms with Crippen molar-refractivity contribution >= 4 is 11.9 Å². The van der Waals surface area contributed by atoms with Crippen molar-refractivity contribution in [1.29, 1.82) is 0 Å². The standard InChI is InChI=1S/C36H50O8/c1-21-23(3)33-27(25(5)31(21)39)13-15-35(7,43-33)17-19-41-29(37)11-9-10-12-30(38)42-20-18-36(8)16-14-28-26(6)32(40)22(2)24(4)34(28)44-36/h39-40H,9-20H2,1-8H3. The van der Waals surface area contributed by atoms with Crippen molar-refractivity contribution in [1.82, 2.24) is 0 Å². The largest absolute Gasteiger partial charge is 0.507 e. The molecule has 0 fully saturated rings. The number of esters is 2. The van der Waals surface area contributed by atoms with Gasteiger partial charge in [0.15, 0.2) is 0 Å². The van der Waals surface area contributed by atoms with Crippen LogP contribution in [0.2, 0.25) is 0 Å². The number of ether oxygens (including phenoxy) is 4. The van der Waals surface area contributed by atoms with Gasteiger partial charge in [0.05, 0.1) is 13.2 Å². The van der Waals surface area contributed by atoms with Gasteiger partial charge in [-0.2, -0.15) is 0 Å². The molecule has 2 unspecified atom stereocenters. The normalized spacial score (nSPS) is 20.6. The van der Waals surface area contributed by atoms with E-state index in [1.165, 1.54) is 0 Å². The fourth-order valence-corrected chi connectivity index (χ4v) is 6.39. The van der Waals surface area contributed by atoms with Gasteiger partial charge in [-0.25, -0.2) is 0 Å². The van der Waals surface area contributed by atoms with E-state index in [1.54, 1.807) is 0 Å². The highest BCUT2D eigenvalue weighted by Crippen LogP contribution is 2.45. The first kappa shape index (κ1) is 33.5. The molecule has 2 atom stereocenters. The molecule has 2 aromatic carbocycles. The summed E-state index contributed by atoms with van der Waals surface area (Å²) in [6.07, 6.45) is 5.96. The van der Waals surface area contributed by atoms with Crippen molar-refractivity contribution < 1.29 is 38.7 Å². The van der Waals surface area contributed by atoms with Crippen LogP contribution in [-0.4, -0.2) is 46.6 Å². The van der Waals surface area contributed by atoms with E-state index < -0.39 is 11.2 Å². The van der Waals surface area contributed by atoms with Gasteiger partial charge < -0.3 is 29.2 Å². The number of rotatable bonds is 11. The molecule has 8 nitrogen and oxygen atoms in total. The Morgan fingerprint density at radius 2 is 1.00 bits per heavy atom. The van der Waals surface area contributed by atoms with Gasteiger partial charge in [0, 0.05) is 36.8 Å². The van der Waals surface area contributed by atoms with E-state index in [1.807, 2.05) is 55.4 Å². The maximum Gasteiger partial charge on any atom is 0.305 e. The number of phenolic OH excluding ortho intramolecular Hbond substituents is 2. The van der Waals surface area contributed by atoms with Crippen molar-refractivity contribution in [3.05, 3.63) is 44.5 Å². The summed E-state index contributed by atoms with van der Waals surface area (Å²) in [6.45, 7) is 16.2. The lowest BCUT2D eigenvalue weighted by Crippen LogP contribution is -2.38. The molecule has 2 aliphatic heterocycles. The molecule has 0 aromatic heterocycles. The van der Waals surface area contributed by atoms with Crippen LogP contribution in [-0.2, 0) is 31.9 Å². The van der Waals surface area contributed by atoms with Crippen LogP contribution >= 0.6 is 0 Å². The third kappa shape index (κ3) is 7.10. The summed E-state index contributed by atoms with van der Waals surface area (Å²) in [5, 5.41) is 20.8. The van der Waals surface area contributed by atoms with Crippen molar-refractivity contribution in [2.45, 2.75) is 131 Å². The van der Waals surface area contributed by atoms with Gasteiger partial charge in [0.1, 0.15) is 34.2 Å². The maximum atomic E-state index is 12.3. The number of carbonyl (C=O) groups is 2. The van der Waals surface area contributed by atoms with Gasteiger partial charge in [0.2, 0.25) is 0 Å². The molecule has 2 N–H and O–H groups in total. The van der Waals surface area contributed by atoms with Crippen LogP contribution < -0.4 is 9.47 Å². The fourth-order valence-electron chi connectivity index (χ4n) is 6.39. The van der Waals surface area contributed by atoms with E-state index in [-0.39, 0.29) is 38.0 Å². The minimum Gasteiger partial charge on any atom is -0.507 e. The Bertz CT molecular complexity index is 1320. The van der Waals surface area contributed by atoms with Crippen molar-refractivity contribution in [3.63, 3.8) is 0 Å². The lowest BCUT2D eigenvalue weighted by Gasteiger charge is -2.38. The number of fused-ring (bicyclic) bond motifs is 2. The number of carbonyl (C=O) groups excluding carboxylic acids is 2. The number of phenols is 2. The van der Waals surface area contributed by atoms with Gasteiger partial charge in [-0.15, -0.1) is 0 Å². The van der Waals surface area contributed by atoms with Gasteiger partial charge in [0.25, 0.3) is 0 Å². The highest BCUT2D eigenvalue weighted by Gasteiger charge is 2.36. The summed E-state index contributed by atoms with van der Waals surface area (Å²) in [4.78, 5) is 24.7. The van der Waals surface area contributed by atoms with Gasteiger partial charge >= 0.3 is 11.9 Å². The molecular formula is C36H50O8. The molecule has 8 heteroatoms. The molecule has 44 heavy (non-hydrogen) atoms. The number of hydrogen-bond acceptors (Lipinski definition) is 8. The molecule has 2 aromatic rings. The lowest BCUT2D eigenvalue weighted by molar-refractivity contribution is -0.147. The minimum absolute atomic E-state index is 0.253. The molecule has 2 heterocycles. The molecule has 0 spiro atoms. The zero-order chi connectivity index (χ0) is 32.4. The molecule has 242 valence electrons. The third-order valence-corrected chi connectivity index (χ3v) is 9.98. The molecule has 0 aliphatic carbocycles. The van der Waals surface area contributed by atoms with E-state index in [2.05, 4.69) is 0 Å². The van der Waals surface area contributed by atoms with Crippen molar-refractivity contribution in [2.75, 3.05) is 13.2 Å². The first-order valence-electron chi connectivity index (χ1n) is 16.0. The first-order valence-corrected chi connectivity index (χ1v) is 16.0. The monoisotopic (exact) mass is 610 g/mol. The van der Waals surface area contributed by atoms with Crippen LogP contribution in [0.5, 0.6) is 23.0 Å². The third-order valence-electron chi connectivity index (χ3n) is 9.98. The van der Waals surface area contributed by atoms with E-state index in [0.29, 0.717) is 37.2 Å².